The van der Waals surface area contributed by atoms with Crippen LogP contribution in [0.2, 0.25) is 0 Å². The Morgan fingerprint density at radius 1 is 1.14 bits per heavy atom. The van der Waals surface area contributed by atoms with Gasteiger partial charge in [0, 0.05) is 62.0 Å². The van der Waals surface area contributed by atoms with Crippen molar-refractivity contribution in [3.05, 3.63) is 59.8 Å². The number of piperazine rings is 1. The molecule has 29 heavy (non-hydrogen) atoms. The Morgan fingerprint density at radius 2 is 1.90 bits per heavy atom. The number of H-pyrrole nitrogens is 1. The molecule has 0 saturated carbocycles. The van der Waals surface area contributed by atoms with Gasteiger partial charge in [-0.3, -0.25) is 14.6 Å². The number of aryl methyl sites for hydroxylation is 1. The molecule has 1 unspecified atom stereocenters. The average Bonchev–Trinajstić information content (AvgIpc) is 3.26. The number of amides is 2. The quantitative estimate of drug-likeness (QED) is 0.741. The summed E-state index contributed by atoms with van der Waals surface area (Å²) in [6.07, 6.45) is 5.73. The van der Waals surface area contributed by atoms with Gasteiger partial charge in [0.1, 0.15) is 0 Å². The first kappa shape index (κ1) is 19.1. The summed E-state index contributed by atoms with van der Waals surface area (Å²) >= 11 is 0. The highest BCUT2D eigenvalue weighted by Gasteiger charge is 2.28. The van der Waals surface area contributed by atoms with E-state index in [1.807, 2.05) is 47.9 Å². The van der Waals surface area contributed by atoms with E-state index in [4.69, 9.17) is 0 Å². The largest absolute Gasteiger partial charge is 0.348 e. The van der Waals surface area contributed by atoms with Gasteiger partial charge in [0.15, 0.2) is 0 Å². The molecule has 4 rings (SSSR count). The van der Waals surface area contributed by atoms with E-state index in [-0.39, 0.29) is 17.7 Å². The third kappa shape index (κ3) is 3.85. The summed E-state index contributed by atoms with van der Waals surface area (Å²) in [7, 11) is 0. The fraction of sp³-hybridized carbons (Fsp3) is 0.364. The molecule has 1 N–H and O–H groups in total. The number of aromatic amines is 1. The van der Waals surface area contributed by atoms with Crippen LogP contribution < -0.4 is 0 Å². The van der Waals surface area contributed by atoms with Crippen LogP contribution in [-0.4, -0.2) is 62.7 Å². The molecular weight excluding hydrogens is 366 g/mol. The predicted molar refractivity (Wildman–Crippen MR) is 110 cm³/mol. The van der Waals surface area contributed by atoms with E-state index >= 15 is 0 Å². The molecule has 0 spiro atoms. The second-order valence-corrected chi connectivity index (χ2v) is 7.63. The van der Waals surface area contributed by atoms with E-state index in [0.717, 1.165) is 22.2 Å². The van der Waals surface area contributed by atoms with E-state index in [0.29, 0.717) is 38.2 Å². The van der Waals surface area contributed by atoms with Gasteiger partial charge >= 0.3 is 0 Å². The molecular formula is C22H25N5O2. The van der Waals surface area contributed by atoms with Crippen LogP contribution in [0.25, 0.3) is 10.9 Å². The minimum Gasteiger partial charge on any atom is -0.348 e. The number of fused-ring (bicyclic) bond motifs is 1. The zero-order chi connectivity index (χ0) is 20.4. The van der Waals surface area contributed by atoms with Crippen molar-refractivity contribution in [3.63, 3.8) is 0 Å². The lowest BCUT2D eigenvalue weighted by Crippen LogP contribution is -2.52. The van der Waals surface area contributed by atoms with E-state index in [2.05, 4.69) is 15.0 Å². The summed E-state index contributed by atoms with van der Waals surface area (Å²) in [6, 6.07) is 7.70. The van der Waals surface area contributed by atoms with Gasteiger partial charge in [-0.25, -0.2) is 4.98 Å². The van der Waals surface area contributed by atoms with Crippen LogP contribution in [0.4, 0.5) is 0 Å². The van der Waals surface area contributed by atoms with Crippen molar-refractivity contribution in [3.8, 4) is 0 Å². The average molecular weight is 391 g/mol. The van der Waals surface area contributed by atoms with Crippen molar-refractivity contribution in [2.24, 2.45) is 5.92 Å². The lowest BCUT2D eigenvalue weighted by molar-refractivity contribution is -0.136. The van der Waals surface area contributed by atoms with Crippen LogP contribution >= 0.6 is 0 Å². The van der Waals surface area contributed by atoms with Gasteiger partial charge in [-0.2, -0.15) is 0 Å². The van der Waals surface area contributed by atoms with Crippen molar-refractivity contribution >= 4 is 22.7 Å². The van der Waals surface area contributed by atoms with E-state index in [1.54, 1.807) is 18.7 Å². The molecule has 2 aromatic heterocycles. The number of carbonyl (C=O) groups excluding carboxylic acids is 2. The van der Waals surface area contributed by atoms with Crippen LogP contribution in [0.1, 0.15) is 28.5 Å². The summed E-state index contributed by atoms with van der Waals surface area (Å²) in [6.45, 7) is 6.12. The molecule has 0 radical (unpaired) electrons. The van der Waals surface area contributed by atoms with Gasteiger partial charge < -0.3 is 14.8 Å². The highest BCUT2D eigenvalue weighted by Crippen LogP contribution is 2.22. The fourth-order valence-corrected chi connectivity index (χ4v) is 3.91. The van der Waals surface area contributed by atoms with Crippen LogP contribution in [0, 0.1) is 12.8 Å². The smallest absolute Gasteiger partial charge is 0.256 e. The zero-order valence-electron chi connectivity index (χ0n) is 16.8. The van der Waals surface area contributed by atoms with Crippen molar-refractivity contribution in [1.29, 1.82) is 0 Å². The molecule has 1 aliphatic heterocycles. The lowest BCUT2D eigenvalue weighted by Gasteiger charge is -2.36. The lowest BCUT2D eigenvalue weighted by atomic mass is 10.0. The molecule has 7 nitrogen and oxygen atoms in total. The third-order valence-corrected chi connectivity index (χ3v) is 5.60. The van der Waals surface area contributed by atoms with Gasteiger partial charge in [0.2, 0.25) is 5.91 Å². The molecule has 0 aliphatic carbocycles. The molecule has 1 fully saturated rings. The summed E-state index contributed by atoms with van der Waals surface area (Å²) in [5, 5.41) is 1.000. The van der Waals surface area contributed by atoms with Gasteiger partial charge in [0.05, 0.1) is 17.4 Å². The molecule has 1 atom stereocenters. The number of hydrogen-bond acceptors (Lipinski definition) is 4. The van der Waals surface area contributed by atoms with Gasteiger partial charge in [-0.05, 0) is 24.6 Å². The van der Waals surface area contributed by atoms with Crippen LogP contribution in [-0.2, 0) is 11.2 Å². The maximum atomic E-state index is 13.1. The first-order valence-electron chi connectivity index (χ1n) is 9.94. The number of pyridine rings is 1. The number of nitrogens with one attached hydrogen (secondary N) is 1. The monoisotopic (exact) mass is 391 g/mol. The van der Waals surface area contributed by atoms with Crippen LogP contribution in [0.5, 0.6) is 0 Å². The van der Waals surface area contributed by atoms with Gasteiger partial charge in [-0.1, -0.05) is 19.1 Å². The Morgan fingerprint density at radius 3 is 2.62 bits per heavy atom. The molecule has 2 amide bonds. The van der Waals surface area contributed by atoms with Gasteiger partial charge in [-0.15, -0.1) is 0 Å². The maximum Gasteiger partial charge on any atom is 0.256 e. The number of nitrogens with zero attached hydrogens (tertiary/aromatic N) is 4. The second kappa shape index (κ2) is 8.03. The van der Waals surface area contributed by atoms with Crippen molar-refractivity contribution in [2.45, 2.75) is 20.3 Å². The Hall–Kier alpha value is -3.22. The normalized spacial score (nSPS) is 15.5. The van der Waals surface area contributed by atoms with E-state index in [1.165, 1.54) is 0 Å². The zero-order valence-corrected chi connectivity index (χ0v) is 16.8. The maximum absolute atomic E-state index is 13.1. The summed E-state index contributed by atoms with van der Waals surface area (Å²) in [4.78, 5) is 41.0. The standard InChI is InChI=1S/C22H25N5O2/c1-15-5-6-19(20-18(15)4-3-7-24-20)22(29)27-10-8-26(9-11-27)21(28)16(2)12-17-13-23-14-25-17/h3-7,13-14,16H,8-12H2,1-2H3,(H,23,25). The molecule has 3 heterocycles. The molecule has 3 aromatic rings. The topological polar surface area (TPSA) is 82.2 Å². The number of aromatic nitrogens is 3. The van der Waals surface area contributed by atoms with E-state index in [9.17, 15) is 9.59 Å². The molecule has 1 aliphatic rings. The summed E-state index contributed by atoms with van der Waals surface area (Å²) < 4.78 is 0. The Balaban J connectivity index is 1.41. The van der Waals surface area contributed by atoms with Crippen LogP contribution in [0.15, 0.2) is 43.0 Å². The highest BCUT2D eigenvalue weighted by molar-refractivity contribution is 6.06. The molecule has 0 bridgehead atoms. The van der Waals surface area contributed by atoms with Crippen molar-refractivity contribution in [1.82, 2.24) is 24.8 Å². The second-order valence-electron chi connectivity index (χ2n) is 7.63. The van der Waals surface area contributed by atoms with Crippen molar-refractivity contribution < 1.29 is 9.59 Å². The molecule has 7 heteroatoms. The Kier molecular flexibility index (Phi) is 5.29. The van der Waals surface area contributed by atoms with Gasteiger partial charge in [0.25, 0.3) is 5.91 Å². The highest BCUT2D eigenvalue weighted by atomic mass is 16.2. The van der Waals surface area contributed by atoms with Crippen LogP contribution in [0.3, 0.4) is 0 Å². The molecule has 150 valence electrons. The number of benzene rings is 1. The van der Waals surface area contributed by atoms with E-state index < -0.39 is 0 Å². The Labute approximate surface area is 169 Å². The van der Waals surface area contributed by atoms with Crippen molar-refractivity contribution in [2.75, 3.05) is 26.2 Å². The number of rotatable bonds is 4. The first-order chi connectivity index (χ1) is 14.0. The Bertz CT molecular complexity index is 1020. The third-order valence-electron chi connectivity index (χ3n) is 5.60. The first-order valence-corrected chi connectivity index (χ1v) is 9.94. The number of imidazole rings is 1. The number of carbonyl (C=O) groups is 2. The minimum atomic E-state index is -0.122. The predicted octanol–water partition coefficient (Wildman–Crippen LogP) is 2.43. The summed E-state index contributed by atoms with van der Waals surface area (Å²) in [5.41, 5.74) is 3.42. The SMILES string of the molecule is Cc1ccc(C(=O)N2CCN(C(=O)C(C)Cc3cnc[nH]3)CC2)c2ncccc12. The minimum absolute atomic E-state index is 0.0219. The molecule has 1 saturated heterocycles. The summed E-state index contributed by atoms with van der Waals surface area (Å²) in [5.74, 6) is -0.0246. The number of hydrogen-bond donors (Lipinski definition) is 1. The fourth-order valence-electron chi connectivity index (χ4n) is 3.91. The molecule has 1 aromatic carbocycles.